The van der Waals surface area contributed by atoms with Crippen LogP contribution in [0.15, 0.2) is 42.6 Å². The Hall–Kier alpha value is -2.50. The van der Waals surface area contributed by atoms with Crippen molar-refractivity contribution in [1.82, 2.24) is 4.57 Å². The number of amides is 1. The highest BCUT2D eigenvalue weighted by molar-refractivity contribution is 6.37. The zero-order valence-corrected chi connectivity index (χ0v) is 14.7. The molecule has 1 aromatic heterocycles. The molecule has 0 unspecified atom stereocenters. The number of nitrogens with zero attached hydrogens (tertiary/aromatic N) is 1. The van der Waals surface area contributed by atoms with Gasteiger partial charge in [0.2, 0.25) is 0 Å². The van der Waals surface area contributed by atoms with Crippen LogP contribution < -0.4 is 5.32 Å². The number of hydrogen-bond donors (Lipinski definition) is 2. The van der Waals surface area contributed by atoms with Crippen molar-refractivity contribution in [3.05, 3.63) is 63.8 Å². The Kier molecular flexibility index (Phi) is 4.70. The van der Waals surface area contributed by atoms with Gasteiger partial charge in [-0.3, -0.25) is 9.59 Å². The first-order valence-corrected chi connectivity index (χ1v) is 8.17. The number of para-hydroxylation sites is 1. The van der Waals surface area contributed by atoms with Gasteiger partial charge in [0.25, 0.3) is 5.91 Å². The summed E-state index contributed by atoms with van der Waals surface area (Å²) >= 11 is 12.2. The maximum Gasteiger partial charge on any atom is 0.307 e. The van der Waals surface area contributed by atoms with E-state index in [-0.39, 0.29) is 22.0 Å². The molecule has 0 aliphatic rings. The van der Waals surface area contributed by atoms with Gasteiger partial charge in [0.1, 0.15) is 0 Å². The first-order chi connectivity index (χ1) is 11.9. The molecule has 7 heteroatoms. The Morgan fingerprint density at radius 1 is 1.16 bits per heavy atom. The first-order valence-electron chi connectivity index (χ1n) is 7.42. The lowest BCUT2D eigenvalue weighted by Gasteiger charge is -2.09. The summed E-state index contributed by atoms with van der Waals surface area (Å²) < 4.78 is 1.91. The fourth-order valence-electron chi connectivity index (χ4n) is 2.69. The molecule has 25 heavy (non-hydrogen) atoms. The van der Waals surface area contributed by atoms with Gasteiger partial charge in [-0.1, -0.05) is 41.4 Å². The van der Waals surface area contributed by atoms with E-state index in [0.717, 1.165) is 10.9 Å². The number of aromatic nitrogens is 1. The molecule has 0 radical (unpaired) electrons. The van der Waals surface area contributed by atoms with Crippen LogP contribution in [-0.4, -0.2) is 21.6 Å². The lowest BCUT2D eigenvalue weighted by atomic mass is 10.1. The number of rotatable bonds is 4. The number of carbonyl (C=O) groups excluding carboxylic acids is 1. The van der Waals surface area contributed by atoms with Crippen LogP contribution in [0.1, 0.15) is 15.9 Å². The van der Waals surface area contributed by atoms with Crippen LogP contribution in [0.5, 0.6) is 0 Å². The van der Waals surface area contributed by atoms with E-state index in [1.807, 2.05) is 42.1 Å². The van der Waals surface area contributed by atoms with Crippen molar-refractivity contribution in [2.45, 2.75) is 6.42 Å². The predicted octanol–water partition coefficient (Wildman–Crippen LogP) is 4.36. The van der Waals surface area contributed by atoms with Crippen LogP contribution in [-0.2, 0) is 18.3 Å². The van der Waals surface area contributed by atoms with Crippen molar-refractivity contribution in [3.8, 4) is 0 Å². The molecule has 0 aliphatic heterocycles. The highest BCUT2D eigenvalue weighted by Gasteiger charge is 2.17. The van der Waals surface area contributed by atoms with E-state index in [2.05, 4.69) is 5.32 Å². The fraction of sp³-hybridized carbons (Fsp3) is 0.111. The summed E-state index contributed by atoms with van der Waals surface area (Å²) in [6.07, 6.45) is 1.56. The Morgan fingerprint density at radius 2 is 1.88 bits per heavy atom. The van der Waals surface area contributed by atoms with Crippen molar-refractivity contribution < 1.29 is 14.7 Å². The Balaban J connectivity index is 1.93. The minimum atomic E-state index is -1.02. The van der Waals surface area contributed by atoms with Gasteiger partial charge in [-0.05, 0) is 23.8 Å². The van der Waals surface area contributed by atoms with E-state index >= 15 is 0 Å². The third-order valence-corrected chi connectivity index (χ3v) is 4.53. The molecule has 2 N–H and O–H groups in total. The second kappa shape index (κ2) is 6.78. The van der Waals surface area contributed by atoms with E-state index in [1.54, 1.807) is 0 Å². The normalized spacial score (nSPS) is 10.8. The Morgan fingerprint density at radius 3 is 2.60 bits per heavy atom. The molecule has 1 amide bonds. The number of fused-ring (bicyclic) bond motifs is 1. The van der Waals surface area contributed by atoms with Crippen molar-refractivity contribution in [2.75, 3.05) is 5.32 Å². The van der Waals surface area contributed by atoms with Crippen molar-refractivity contribution in [3.63, 3.8) is 0 Å². The number of halogens is 2. The van der Waals surface area contributed by atoms with Crippen molar-refractivity contribution >= 4 is 51.7 Å². The third kappa shape index (κ3) is 3.48. The van der Waals surface area contributed by atoms with Gasteiger partial charge in [-0.25, -0.2) is 0 Å². The number of carbonyl (C=O) groups is 2. The molecule has 0 saturated carbocycles. The molecule has 3 aromatic rings. The highest BCUT2D eigenvalue weighted by Crippen LogP contribution is 2.29. The third-order valence-electron chi connectivity index (χ3n) is 3.87. The van der Waals surface area contributed by atoms with E-state index in [0.29, 0.717) is 11.3 Å². The summed E-state index contributed by atoms with van der Waals surface area (Å²) in [5.41, 5.74) is 2.19. The summed E-state index contributed by atoms with van der Waals surface area (Å²) in [7, 11) is 1.89. The average molecular weight is 377 g/mol. The van der Waals surface area contributed by atoms with E-state index in [4.69, 9.17) is 28.3 Å². The number of carboxylic acids is 1. The summed E-state index contributed by atoms with van der Waals surface area (Å²) in [4.78, 5) is 23.4. The summed E-state index contributed by atoms with van der Waals surface area (Å²) in [5.74, 6) is -1.43. The quantitative estimate of drug-likeness (QED) is 0.710. The average Bonchev–Trinajstić information content (AvgIpc) is 2.86. The zero-order chi connectivity index (χ0) is 18.1. The largest absolute Gasteiger partial charge is 0.481 e. The van der Waals surface area contributed by atoms with E-state index in [1.165, 1.54) is 12.1 Å². The topological polar surface area (TPSA) is 71.3 Å². The minimum Gasteiger partial charge on any atom is -0.481 e. The van der Waals surface area contributed by atoms with Crippen LogP contribution in [0.25, 0.3) is 10.9 Å². The molecule has 128 valence electrons. The van der Waals surface area contributed by atoms with Crippen LogP contribution in [0.2, 0.25) is 10.0 Å². The van der Waals surface area contributed by atoms with Crippen LogP contribution in [0.4, 0.5) is 5.69 Å². The van der Waals surface area contributed by atoms with Gasteiger partial charge in [-0.15, -0.1) is 0 Å². The zero-order valence-electron chi connectivity index (χ0n) is 13.2. The van der Waals surface area contributed by atoms with Gasteiger partial charge < -0.3 is 15.0 Å². The Bertz CT molecular complexity index is 995. The minimum absolute atomic E-state index is 0.151. The van der Waals surface area contributed by atoms with Crippen LogP contribution >= 0.6 is 23.2 Å². The molecule has 0 bridgehead atoms. The molecule has 0 aliphatic carbocycles. The Labute approximate surface area is 153 Å². The van der Waals surface area contributed by atoms with E-state index in [9.17, 15) is 9.59 Å². The van der Waals surface area contributed by atoms with Crippen molar-refractivity contribution in [1.29, 1.82) is 0 Å². The second-order valence-electron chi connectivity index (χ2n) is 5.62. The molecule has 0 saturated heterocycles. The summed E-state index contributed by atoms with van der Waals surface area (Å²) in [6.45, 7) is 0. The lowest BCUT2D eigenvalue weighted by Crippen LogP contribution is -2.13. The molecule has 0 fully saturated rings. The standard InChI is InChI=1S/C18H14Cl2N2O3/c1-22-9-15(11-4-2-3-5-16(11)22)21-18(25)12-8-13(19)10(6-14(12)20)7-17(23)24/h2-6,8-9H,7H2,1H3,(H,21,25)(H,23,24). The molecule has 3 rings (SSSR count). The predicted molar refractivity (Wildman–Crippen MR) is 98.7 cm³/mol. The van der Waals surface area contributed by atoms with Gasteiger partial charge in [0.15, 0.2) is 0 Å². The van der Waals surface area contributed by atoms with Gasteiger partial charge >= 0.3 is 5.97 Å². The van der Waals surface area contributed by atoms with Gasteiger partial charge in [-0.2, -0.15) is 0 Å². The van der Waals surface area contributed by atoms with Crippen LogP contribution in [0, 0.1) is 0 Å². The van der Waals surface area contributed by atoms with Crippen molar-refractivity contribution in [2.24, 2.45) is 7.05 Å². The molecule has 0 atom stereocenters. The maximum absolute atomic E-state index is 12.6. The number of anilines is 1. The lowest BCUT2D eigenvalue weighted by molar-refractivity contribution is -0.136. The molecular weight excluding hydrogens is 363 g/mol. The second-order valence-corrected chi connectivity index (χ2v) is 6.43. The monoisotopic (exact) mass is 376 g/mol. The number of aliphatic carboxylic acids is 1. The number of carboxylic acid groups (broad SMARTS) is 1. The number of nitrogens with one attached hydrogen (secondary N) is 1. The molecule has 2 aromatic carbocycles. The molecular formula is C18H14Cl2N2O3. The highest BCUT2D eigenvalue weighted by atomic mass is 35.5. The summed E-state index contributed by atoms with van der Waals surface area (Å²) in [6, 6.07) is 10.5. The maximum atomic E-state index is 12.6. The number of benzene rings is 2. The van der Waals surface area contributed by atoms with Crippen LogP contribution in [0.3, 0.4) is 0 Å². The molecule has 1 heterocycles. The number of hydrogen-bond acceptors (Lipinski definition) is 2. The molecule has 5 nitrogen and oxygen atoms in total. The van der Waals surface area contributed by atoms with E-state index < -0.39 is 11.9 Å². The molecule has 0 spiro atoms. The first kappa shape index (κ1) is 17.3. The fourth-order valence-corrected chi connectivity index (χ4v) is 3.19. The number of aryl methyl sites for hydroxylation is 1. The summed E-state index contributed by atoms with van der Waals surface area (Å²) in [5, 5.41) is 13.0. The smallest absolute Gasteiger partial charge is 0.307 e. The van der Waals surface area contributed by atoms with Gasteiger partial charge in [0.05, 0.1) is 22.7 Å². The van der Waals surface area contributed by atoms with Gasteiger partial charge in [0, 0.05) is 29.2 Å². The SMILES string of the molecule is Cn1cc(NC(=O)c2cc(Cl)c(CC(=O)O)cc2Cl)c2ccccc21.